The SMILES string of the molecule is CCn1nc(-c2ccc(C)cc2)ccc1=O.COc1cccc(-c2ccc(=O)n(CC(=O)Nc3cc(F)cc(F)c3)n2)c1.N#Cc1cccc(NC=O)c1. The van der Waals surface area contributed by atoms with Crippen LogP contribution in [0.5, 0.6) is 5.75 Å². The van der Waals surface area contributed by atoms with E-state index in [2.05, 4.69) is 20.8 Å². The Hall–Kier alpha value is -7.27. The highest BCUT2D eigenvalue weighted by atomic mass is 19.1. The second-order valence-corrected chi connectivity index (χ2v) is 11.3. The number of carbonyl (C=O) groups excluding carboxylic acids is 2. The van der Waals surface area contributed by atoms with E-state index in [4.69, 9.17) is 10.00 Å². The zero-order valence-corrected chi connectivity index (χ0v) is 29.5. The lowest BCUT2D eigenvalue weighted by molar-refractivity contribution is -0.117. The fourth-order valence-corrected chi connectivity index (χ4v) is 4.76. The van der Waals surface area contributed by atoms with Gasteiger partial charge in [-0.1, -0.05) is 48.0 Å². The van der Waals surface area contributed by atoms with E-state index in [9.17, 15) is 28.0 Å². The fraction of sp³-hybridized carbons (Fsp3) is 0.125. The molecule has 0 atom stereocenters. The molecule has 2 amide bonds. The molecule has 6 aromatic rings. The summed E-state index contributed by atoms with van der Waals surface area (Å²) in [6, 6.07) is 32.7. The molecule has 0 bridgehead atoms. The summed E-state index contributed by atoms with van der Waals surface area (Å²) in [7, 11) is 1.53. The summed E-state index contributed by atoms with van der Waals surface area (Å²) in [4.78, 5) is 45.5. The lowest BCUT2D eigenvalue weighted by Crippen LogP contribution is -2.29. The zero-order chi connectivity index (χ0) is 39.0. The number of hydrogen-bond acceptors (Lipinski definition) is 8. The van der Waals surface area contributed by atoms with Crippen LogP contribution in [0.15, 0.2) is 125 Å². The Morgan fingerprint density at radius 2 is 1.43 bits per heavy atom. The number of hydrogen-bond donors (Lipinski definition) is 2. The van der Waals surface area contributed by atoms with E-state index >= 15 is 0 Å². The van der Waals surface area contributed by atoms with Crippen LogP contribution in [0.25, 0.3) is 22.5 Å². The normalized spacial score (nSPS) is 10.0. The van der Waals surface area contributed by atoms with Crippen LogP contribution in [0.4, 0.5) is 20.2 Å². The Morgan fingerprint density at radius 3 is 2.06 bits per heavy atom. The van der Waals surface area contributed by atoms with Gasteiger partial charge in [-0.2, -0.15) is 15.5 Å². The van der Waals surface area contributed by atoms with Crippen molar-refractivity contribution < 1.29 is 23.1 Å². The van der Waals surface area contributed by atoms with Crippen molar-refractivity contribution in [2.75, 3.05) is 17.7 Å². The molecule has 2 heterocycles. The maximum Gasteiger partial charge on any atom is 0.267 e. The molecule has 6 rings (SSSR count). The van der Waals surface area contributed by atoms with E-state index < -0.39 is 29.6 Å². The first-order valence-electron chi connectivity index (χ1n) is 16.4. The van der Waals surface area contributed by atoms with E-state index in [-0.39, 0.29) is 11.2 Å². The highest BCUT2D eigenvalue weighted by Crippen LogP contribution is 2.21. The fourth-order valence-electron chi connectivity index (χ4n) is 4.76. The van der Waals surface area contributed by atoms with Gasteiger partial charge in [0.15, 0.2) is 0 Å². The van der Waals surface area contributed by atoms with Crippen LogP contribution in [0.2, 0.25) is 0 Å². The van der Waals surface area contributed by atoms with E-state index in [1.165, 1.54) is 29.5 Å². The quantitative estimate of drug-likeness (QED) is 0.166. The van der Waals surface area contributed by atoms with E-state index in [1.54, 1.807) is 60.7 Å². The Labute approximate surface area is 308 Å². The second kappa shape index (κ2) is 19.4. The molecule has 54 heavy (non-hydrogen) atoms. The van der Waals surface area contributed by atoms with Gasteiger partial charge >= 0.3 is 0 Å². The number of methoxy groups -OCH3 is 1. The van der Waals surface area contributed by atoms with Crippen molar-refractivity contribution in [2.45, 2.75) is 26.9 Å². The molecule has 12 nitrogen and oxygen atoms in total. The van der Waals surface area contributed by atoms with Crippen molar-refractivity contribution in [2.24, 2.45) is 0 Å². The minimum atomic E-state index is -0.819. The number of anilines is 2. The predicted molar refractivity (Wildman–Crippen MR) is 201 cm³/mol. The third-order valence-corrected chi connectivity index (χ3v) is 7.40. The molecule has 14 heteroatoms. The molecule has 0 saturated carbocycles. The number of nitrogens with zero attached hydrogens (tertiary/aromatic N) is 5. The van der Waals surface area contributed by atoms with Crippen molar-refractivity contribution >= 4 is 23.7 Å². The summed E-state index contributed by atoms with van der Waals surface area (Å²) in [5.41, 5.74) is 4.85. The molecule has 0 saturated heterocycles. The first-order chi connectivity index (χ1) is 26.0. The molecule has 0 aliphatic heterocycles. The predicted octanol–water partition coefficient (Wildman–Crippen LogP) is 6.20. The number of ether oxygens (including phenoxy) is 1. The third kappa shape index (κ3) is 11.6. The van der Waals surface area contributed by atoms with Gasteiger partial charge in [0.05, 0.1) is 30.1 Å². The van der Waals surface area contributed by atoms with Gasteiger partial charge in [0.2, 0.25) is 12.3 Å². The van der Waals surface area contributed by atoms with Gasteiger partial charge in [-0.15, -0.1) is 0 Å². The number of benzene rings is 4. The summed E-state index contributed by atoms with van der Waals surface area (Å²) in [5, 5.41) is 21.7. The van der Waals surface area contributed by atoms with Crippen molar-refractivity contribution in [1.29, 1.82) is 5.26 Å². The van der Waals surface area contributed by atoms with Gasteiger partial charge in [-0.3, -0.25) is 19.2 Å². The van der Waals surface area contributed by atoms with Gasteiger partial charge in [-0.05, 0) is 68.4 Å². The second-order valence-electron chi connectivity index (χ2n) is 11.3. The van der Waals surface area contributed by atoms with Gasteiger partial charge in [0.25, 0.3) is 11.1 Å². The molecule has 0 radical (unpaired) electrons. The topological polar surface area (TPSA) is 161 Å². The van der Waals surface area contributed by atoms with Gasteiger partial charge in [0.1, 0.15) is 23.9 Å². The molecule has 2 N–H and O–H groups in total. The average Bonchev–Trinajstić information content (AvgIpc) is 3.16. The average molecular weight is 732 g/mol. The van der Waals surface area contributed by atoms with E-state index in [0.717, 1.165) is 28.1 Å². The van der Waals surface area contributed by atoms with Crippen molar-refractivity contribution in [1.82, 2.24) is 19.6 Å². The molecule has 0 unspecified atom stereocenters. The number of halogens is 2. The number of aryl methyl sites for hydroxylation is 2. The minimum Gasteiger partial charge on any atom is -0.497 e. The van der Waals surface area contributed by atoms with Crippen LogP contribution in [0, 0.1) is 29.9 Å². The first kappa shape index (κ1) is 39.5. The molecule has 4 aromatic carbocycles. The van der Waals surface area contributed by atoms with E-state index in [0.29, 0.717) is 47.3 Å². The maximum absolute atomic E-state index is 13.2. The highest BCUT2D eigenvalue weighted by molar-refractivity contribution is 5.90. The summed E-state index contributed by atoms with van der Waals surface area (Å²) >= 11 is 0. The Bertz CT molecular complexity index is 2370. The first-order valence-corrected chi connectivity index (χ1v) is 16.4. The van der Waals surface area contributed by atoms with E-state index in [1.807, 2.05) is 44.2 Å². The molecule has 2 aromatic heterocycles. The smallest absolute Gasteiger partial charge is 0.267 e. The zero-order valence-electron chi connectivity index (χ0n) is 29.5. The number of amides is 2. The lowest BCUT2D eigenvalue weighted by Gasteiger charge is -2.09. The molecular weight excluding hydrogens is 696 g/mol. The molecule has 0 aliphatic rings. The van der Waals surface area contributed by atoms with Crippen LogP contribution >= 0.6 is 0 Å². The van der Waals surface area contributed by atoms with Crippen molar-refractivity contribution in [3.63, 3.8) is 0 Å². The molecule has 0 fully saturated rings. The third-order valence-electron chi connectivity index (χ3n) is 7.40. The molecule has 0 spiro atoms. The van der Waals surface area contributed by atoms with Crippen LogP contribution in [0.3, 0.4) is 0 Å². The summed E-state index contributed by atoms with van der Waals surface area (Å²) in [6.07, 6.45) is 0.580. The van der Waals surface area contributed by atoms with Crippen LogP contribution in [-0.2, 0) is 22.7 Å². The summed E-state index contributed by atoms with van der Waals surface area (Å²) < 4.78 is 34.0. The Morgan fingerprint density at radius 1 is 0.796 bits per heavy atom. The standard InChI is InChI=1S/C19H15F2N3O3.C13H14N2O.C8H6N2O/c1-27-16-4-2-3-12(7-16)17-5-6-19(26)24(23-17)11-18(25)22-15-9-13(20)8-14(21)10-15;1-3-15-13(16)9-8-12(14-15)11-6-4-10(2)5-7-11;9-5-7-2-1-3-8(4-7)10-6-11/h2-10H,11H2,1H3,(H,22,25);4-9H,3H2,1-2H3;1-4,6H,(H,10,11). The summed E-state index contributed by atoms with van der Waals surface area (Å²) in [6.45, 7) is 4.14. The Kier molecular flexibility index (Phi) is 14.2. The minimum absolute atomic E-state index is 0.0468. The molecular formula is C40H35F2N7O5. The van der Waals surface area contributed by atoms with Gasteiger partial charge < -0.3 is 15.4 Å². The number of rotatable bonds is 9. The number of aromatic nitrogens is 4. The maximum atomic E-state index is 13.2. The van der Waals surface area contributed by atoms with Crippen LogP contribution < -0.4 is 26.5 Å². The van der Waals surface area contributed by atoms with Gasteiger partial charge in [-0.25, -0.2) is 18.1 Å². The molecule has 274 valence electrons. The number of nitrogens with one attached hydrogen (secondary N) is 2. The largest absolute Gasteiger partial charge is 0.497 e. The van der Waals surface area contributed by atoms with Gasteiger partial charge in [0, 0.05) is 47.2 Å². The molecule has 0 aliphatic carbocycles. The lowest BCUT2D eigenvalue weighted by atomic mass is 10.1. The van der Waals surface area contributed by atoms with Crippen LogP contribution in [0.1, 0.15) is 18.1 Å². The number of nitriles is 1. The highest BCUT2D eigenvalue weighted by Gasteiger charge is 2.10. The monoisotopic (exact) mass is 731 g/mol. The van der Waals surface area contributed by atoms with Crippen molar-refractivity contribution in [3.8, 4) is 34.3 Å². The number of carbonyl (C=O) groups is 2. The summed E-state index contributed by atoms with van der Waals surface area (Å²) in [5.74, 6) is -1.66. The van der Waals surface area contributed by atoms with Crippen LogP contribution in [-0.4, -0.2) is 39.0 Å². The van der Waals surface area contributed by atoms with Crippen molar-refractivity contribution in [3.05, 3.63) is 159 Å². The Balaban J connectivity index is 0.000000203.